The van der Waals surface area contributed by atoms with Gasteiger partial charge in [0.15, 0.2) is 5.82 Å². The molecule has 0 aromatic carbocycles. The van der Waals surface area contributed by atoms with Gasteiger partial charge in [0, 0.05) is 7.11 Å². The number of ether oxygens (including phenoxy) is 1. The fraction of sp³-hybridized carbons (Fsp3) is 0.923. The number of allylic oxidation sites excluding steroid dienone is 1. The third-order valence-electron chi connectivity index (χ3n) is 11.3. The van der Waals surface area contributed by atoms with Crippen LogP contribution in [0.15, 0.2) is 32.3 Å². The summed E-state index contributed by atoms with van der Waals surface area (Å²) < 4.78 is 46.7. The molecule has 5 rings (SSSR count). The molecular weight excluding hydrogens is 542 g/mol. The maximum Gasteiger partial charge on any atom is 1.00 e. The minimum absolute atomic E-state index is 0. The van der Waals surface area contributed by atoms with E-state index in [1.54, 1.807) is 7.11 Å². The van der Waals surface area contributed by atoms with Gasteiger partial charge in [0.05, 0.1) is 12.2 Å². The Bertz CT molecular complexity index is 1080. The Balaban J connectivity index is 0.00000210. The standard InChI is InChI=1S/C26H42N4O6S.2Na/c1-15(5-8-21(31)24-27-29-30-28-24)18-6-7-19-23-20(10-12-26(18,19)3)25(2)11-9-17(35-4)13-16(25)14-22(23)36-37(32,33)34;;/h15-20,22-23,31H,5-14H2,1-4H3,(H,32,33,34);;/q;2*+1/p-2/t15-,16+,17-,18-,19+,20+,22+,23+,25+,26-;;/m1../s1. The van der Waals surface area contributed by atoms with Crippen molar-refractivity contribution in [2.24, 2.45) is 67.0 Å². The molecule has 0 saturated heterocycles. The van der Waals surface area contributed by atoms with Gasteiger partial charge in [-0.15, -0.1) is 10.2 Å². The van der Waals surface area contributed by atoms with E-state index in [2.05, 4.69) is 41.4 Å². The molecule has 1 heterocycles. The first kappa shape index (κ1) is 34.1. The summed E-state index contributed by atoms with van der Waals surface area (Å²) in [6, 6.07) is 0. The summed E-state index contributed by atoms with van der Waals surface area (Å²) in [6.45, 7) is 6.97. The second-order valence-electron chi connectivity index (χ2n) is 12.8. The Hall–Kier alpha value is 0.570. The average molecular weight is 583 g/mol. The van der Waals surface area contributed by atoms with Gasteiger partial charge in [-0.2, -0.15) is 0 Å². The smallest absolute Gasteiger partial charge is 0.873 e. The Morgan fingerprint density at radius 1 is 1.03 bits per heavy atom. The van der Waals surface area contributed by atoms with Crippen LogP contribution in [0.3, 0.4) is 0 Å². The van der Waals surface area contributed by atoms with Crippen molar-refractivity contribution in [3.8, 4) is 0 Å². The third-order valence-corrected chi connectivity index (χ3v) is 11.8. The first-order valence-corrected chi connectivity index (χ1v) is 15.2. The van der Waals surface area contributed by atoms with Crippen LogP contribution in [-0.2, 0) is 19.3 Å². The van der Waals surface area contributed by atoms with Crippen molar-refractivity contribution in [3.05, 3.63) is 11.6 Å². The van der Waals surface area contributed by atoms with E-state index >= 15 is 0 Å². The SMILES string of the molecule is CO[C@@H]1CC[C@@]2(C)[C@@H](C1)C[C@H](OS(=O)(=O)[O-])[C@@H]1[C@@H]2CC[C@]2(C)[C@@H]([C@H](C)CCC([O-])=C3N=NN=N3)CC[C@@H]12.[Na+].[Na+]. The monoisotopic (exact) mass is 582 g/mol. The Morgan fingerprint density at radius 3 is 2.31 bits per heavy atom. The first-order chi connectivity index (χ1) is 17.5. The maximum atomic E-state index is 12.4. The molecule has 39 heavy (non-hydrogen) atoms. The second kappa shape index (κ2) is 13.1. The quantitative estimate of drug-likeness (QED) is 0.161. The zero-order valence-electron chi connectivity index (χ0n) is 24.3. The number of fused-ring (bicyclic) bond motifs is 5. The van der Waals surface area contributed by atoms with Crippen LogP contribution in [0.2, 0.25) is 0 Å². The number of rotatable bonds is 7. The molecule has 0 radical (unpaired) electrons. The van der Waals surface area contributed by atoms with Crippen molar-refractivity contribution in [1.29, 1.82) is 0 Å². The van der Waals surface area contributed by atoms with Gasteiger partial charge in [-0.05, 0) is 121 Å². The minimum atomic E-state index is -4.81. The summed E-state index contributed by atoms with van der Waals surface area (Å²) in [7, 11) is -3.06. The van der Waals surface area contributed by atoms with Crippen LogP contribution in [0.25, 0.3) is 0 Å². The number of methoxy groups -OCH3 is 1. The van der Waals surface area contributed by atoms with E-state index in [0.29, 0.717) is 36.5 Å². The van der Waals surface area contributed by atoms with Crippen LogP contribution >= 0.6 is 0 Å². The average Bonchev–Trinajstić information content (AvgIpc) is 3.49. The van der Waals surface area contributed by atoms with Gasteiger partial charge in [0.2, 0.25) is 10.4 Å². The fourth-order valence-electron chi connectivity index (χ4n) is 9.53. The van der Waals surface area contributed by atoms with Crippen LogP contribution < -0.4 is 64.2 Å². The van der Waals surface area contributed by atoms with E-state index in [1.165, 1.54) is 0 Å². The molecule has 4 aliphatic carbocycles. The molecule has 10 atom stereocenters. The zero-order chi connectivity index (χ0) is 26.6. The van der Waals surface area contributed by atoms with E-state index in [4.69, 9.17) is 8.92 Å². The maximum absolute atomic E-state index is 12.4. The van der Waals surface area contributed by atoms with Gasteiger partial charge >= 0.3 is 59.1 Å². The van der Waals surface area contributed by atoms with E-state index < -0.39 is 16.5 Å². The predicted octanol–water partition coefficient (Wildman–Crippen LogP) is -1.10. The van der Waals surface area contributed by atoms with Crippen molar-refractivity contribution in [2.45, 2.75) is 97.2 Å². The topological polar surface area (TPSA) is 148 Å². The second-order valence-corrected chi connectivity index (χ2v) is 13.8. The summed E-state index contributed by atoms with van der Waals surface area (Å²) in [5, 5.41) is 26.6. The van der Waals surface area contributed by atoms with E-state index in [0.717, 1.165) is 51.4 Å². The molecule has 4 fully saturated rings. The van der Waals surface area contributed by atoms with Crippen molar-refractivity contribution in [3.63, 3.8) is 0 Å². The number of hydrogen-bond donors (Lipinski definition) is 0. The molecule has 208 valence electrons. The van der Waals surface area contributed by atoms with Crippen molar-refractivity contribution in [2.75, 3.05) is 7.11 Å². The Labute approximate surface area is 277 Å². The van der Waals surface area contributed by atoms with Gasteiger partial charge in [0.1, 0.15) is 0 Å². The van der Waals surface area contributed by atoms with Crippen molar-refractivity contribution >= 4 is 10.4 Å². The van der Waals surface area contributed by atoms with Crippen LogP contribution in [0.1, 0.15) is 85.0 Å². The molecule has 0 N–H and O–H groups in total. The molecule has 0 aromatic heterocycles. The molecule has 1 aliphatic heterocycles. The van der Waals surface area contributed by atoms with Gasteiger partial charge in [0.25, 0.3) is 0 Å². The molecule has 13 heteroatoms. The summed E-state index contributed by atoms with van der Waals surface area (Å²) in [5.74, 6) is 1.65. The van der Waals surface area contributed by atoms with Gasteiger partial charge in [-0.1, -0.05) is 26.5 Å². The fourth-order valence-corrected chi connectivity index (χ4v) is 10.0. The molecule has 0 spiro atoms. The molecule has 10 nitrogen and oxygen atoms in total. The number of nitrogens with zero attached hydrogens (tertiary/aromatic N) is 4. The van der Waals surface area contributed by atoms with Crippen LogP contribution in [0.5, 0.6) is 0 Å². The molecule has 0 amide bonds. The summed E-state index contributed by atoms with van der Waals surface area (Å²) >= 11 is 0. The molecular formula is C26H40N4Na2O6S. The largest absolute Gasteiger partial charge is 1.00 e. The van der Waals surface area contributed by atoms with Crippen molar-refractivity contribution in [1.82, 2.24) is 0 Å². The number of hydrogen-bond acceptors (Lipinski definition) is 10. The third kappa shape index (κ3) is 6.58. The molecule has 5 aliphatic rings. The van der Waals surface area contributed by atoms with E-state index in [-0.39, 0.29) is 99.5 Å². The predicted molar refractivity (Wildman–Crippen MR) is 131 cm³/mol. The summed E-state index contributed by atoms with van der Waals surface area (Å²) in [4.78, 5) is 0. The Kier molecular flexibility index (Phi) is 11.4. The summed E-state index contributed by atoms with van der Waals surface area (Å²) in [5.41, 5.74) is 0.121. The zero-order valence-corrected chi connectivity index (χ0v) is 29.2. The molecule has 4 saturated carbocycles. The van der Waals surface area contributed by atoms with Crippen LogP contribution in [0.4, 0.5) is 0 Å². The van der Waals surface area contributed by atoms with E-state index in [1.807, 2.05) is 0 Å². The van der Waals surface area contributed by atoms with E-state index in [9.17, 15) is 18.1 Å². The van der Waals surface area contributed by atoms with Gasteiger partial charge in [-0.3, -0.25) is 4.18 Å². The van der Waals surface area contributed by atoms with Crippen LogP contribution in [0, 0.1) is 46.3 Å². The van der Waals surface area contributed by atoms with Crippen LogP contribution in [-0.4, -0.2) is 32.3 Å². The van der Waals surface area contributed by atoms with Gasteiger partial charge in [-0.25, -0.2) is 8.42 Å². The van der Waals surface area contributed by atoms with Gasteiger partial charge < -0.3 is 14.4 Å². The molecule has 0 bridgehead atoms. The molecule has 0 unspecified atom stereocenters. The first-order valence-electron chi connectivity index (χ1n) is 13.8. The normalized spacial score (nSPS) is 41.6. The minimum Gasteiger partial charge on any atom is -0.873 e. The van der Waals surface area contributed by atoms with Crippen molar-refractivity contribution < 1.29 is 86.1 Å². The molecule has 0 aromatic rings. The Morgan fingerprint density at radius 2 is 1.67 bits per heavy atom. The summed E-state index contributed by atoms with van der Waals surface area (Å²) in [6.07, 6.45) is 8.41.